The van der Waals surface area contributed by atoms with E-state index in [1.807, 2.05) is 48.5 Å². The Hall–Kier alpha value is -5.11. The maximum absolute atomic E-state index is 13.8. The third-order valence-electron chi connectivity index (χ3n) is 7.37. The van der Waals surface area contributed by atoms with Crippen molar-refractivity contribution in [2.24, 2.45) is 0 Å². The van der Waals surface area contributed by atoms with E-state index >= 15 is 0 Å². The van der Waals surface area contributed by atoms with Gasteiger partial charge in [-0.25, -0.2) is 9.97 Å². The highest BCUT2D eigenvalue weighted by atomic mass is 16.5. The Kier molecular flexibility index (Phi) is 3.68. The Morgan fingerprint density at radius 1 is 0.730 bits per heavy atom. The van der Waals surface area contributed by atoms with Crippen LogP contribution in [0.4, 0.5) is 0 Å². The van der Waals surface area contributed by atoms with Crippen molar-refractivity contribution < 1.29 is 9.53 Å². The molecule has 8 heteroatoms. The number of pyridine rings is 2. The van der Waals surface area contributed by atoms with E-state index in [1.54, 1.807) is 27.0 Å². The van der Waals surface area contributed by atoms with E-state index in [2.05, 4.69) is 0 Å². The van der Waals surface area contributed by atoms with Gasteiger partial charge in [0.25, 0.3) is 11.1 Å². The zero-order chi connectivity index (χ0) is 25.0. The second kappa shape index (κ2) is 6.76. The Morgan fingerprint density at radius 3 is 1.95 bits per heavy atom. The zero-order valence-corrected chi connectivity index (χ0v) is 19.5. The summed E-state index contributed by atoms with van der Waals surface area (Å²) in [6, 6.07) is 20.4. The van der Waals surface area contributed by atoms with Crippen LogP contribution in [0.25, 0.3) is 65.7 Å². The predicted molar refractivity (Wildman–Crippen MR) is 142 cm³/mol. The molecule has 8 rings (SSSR count). The third-order valence-corrected chi connectivity index (χ3v) is 7.37. The summed E-state index contributed by atoms with van der Waals surface area (Å²) in [5.74, 6) is -0.346. The van der Waals surface area contributed by atoms with Crippen molar-refractivity contribution in [2.75, 3.05) is 7.11 Å². The van der Waals surface area contributed by atoms with Gasteiger partial charge >= 0.3 is 5.97 Å². The molecular formula is C29H16N4O4. The summed E-state index contributed by atoms with van der Waals surface area (Å²) in [5, 5.41) is 4.06. The fourth-order valence-corrected chi connectivity index (χ4v) is 5.74. The molecule has 4 aromatic carbocycles. The van der Waals surface area contributed by atoms with Crippen molar-refractivity contribution in [3.63, 3.8) is 0 Å². The van der Waals surface area contributed by atoms with Gasteiger partial charge in [-0.05, 0) is 54.1 Å². The first-order valence-electron chi connectivity index (χ1n) is 11.8. The molecule has 0 saturated carbocycles. The number of para-hydroxylation sites is 2. The number of hydrogen-bond donors (Lipinski definition) is 0. The van der Waals surface area contributed by atoms with E-state index in [4.69, 9.17) is 14.7 Å². The molecular weight excluding hydrogens is 468 g/mol. The number of nitrogens with zero attached hydrogens (tertiary/aromatic N) is 4. The molecule has 8 aromatic rings. The number of hydrogen-bond acceptors (Lipinski definition) is 6. The van der Waals surface area contributed by atoms with Crippen LogP contribution in [0, 0.1) is 0 Å². The molecule has 0 aliphatic heterocycles. The number of rotatable bonds is 2. The van der Waals surface area contributed by atoms with Gasteiger partial charge in [-0.15, -0.1) is 0 Å². The first-order valence-corrected chi connectivity index (χ1v) is 11.8. The molecule has 0 atom stereocenters. The zero-order valence-electron chi connectivity index (χ0n) is 19.5. The van der Waals surface area contributed by atoms with Gasteiger partial charge in [-0.2, -0.15) is 0 Å². The molecule has 0 bridgehead atoms. The summed E-state index contributed by atoms with van der Waals surface area (Å²) in [4.78, 5) is 48.9. The van der Waals surface area contributed by atoms with Gasteiger partial charge in [0.1, 0.15) is 11.3 Å². The summed E-state index contributed by atoms with van der Waals surface area (Å²) < 4.78 is 8.04. The van der Waals surface area contributed by atoms with Crippen LogP contribution in [-0.4, -0.2) is 31.8 Å². The molecule has 4 heterocycles. The molecule has 0 spiro atoms. The van der Waals surface area contributed by atoms with Crippen LogP contribution in [0.1, 0.15) is 5.56 Å². The topological polar surface area (TPSA) is 95.0 Å². The van der Waals surface area contributed by atoms with Crippen molar-refractivity contribution in [3.8, 4) is 0 Å². The lowest BCUT2D eigenvalue weighted by molar-refractivity contribution is -0.139. The van der Waals surface area contributed by atoms with E-state index in [0.29, 0.717) is 38.5 Å². The van der Waals surface area contributed by atoms with Crippen LogP contribution in [-0.2, 0) is 16.0 Å². The van der Waals surface area contributed by atoms with Crippen molar-refractivity contribution >= 4 is 71.6 Å². The van der Waals surface area contributed by atoms with Gasteiger partial charge in [0.05, 0.1) is 35.6 Å². The normalized spacial score (nSPS) is 12.4. The summed E-state index contributed by atoms with van der Waals surface area (Å²) in [5.41, 5.74) is 4.22. The molecule has 37 heavy (non-hydrogen) atoms. The highest BCUT2D eigenvalue weighted by Crippen LogP contribution is 2.36. The number of imidazole rings is 2. The second-order valence-electron chi connectivity index (χ2n) is 9.29. The third kappa shape index (κ3) is 2.44. The number of carbonyl (C=O) groups excluding carboxylic acids is 1. The number of fused-ring (bicyclic) bond motifs is 8. The van der Waals surface area contributed by atoms with Crippen molar-refractivity contribution in [3.05, 3.63) is 93.0 Å². The Morgan fingerprint density at radius 2 is 1.30 bits per heavy atom. The fraction of sp³-hybridized carbons (Fsp3) is 0.0690. The minimum absolute atomic E-state index is 0.119. The lowest BCUT2D eigenvalue weighted by Gasteiger charge is -2.12. The molecule has 176 valence electrons. The number of benzene rings is 4. The molecule has 0 aliphatic rings. The number of esters is 1. The minimum atomic E-state index is -0.346. The van der Waals surface area contributed by atoms with E-state index in [0.717, 1.165) is 32.8 Å². The standard InChI is InChI=1S/C29H16N4O4/c1-37-23(34)13-14-6-11-22-20(12-14)31-27-16-8-7-15-24-17(9-10-18(25(16)24)29(36)33(22)27)28(35)32-21-5-3-2-4-19(21)30-26(15)32/h2-12H,13H2,1H3. The quantitative estimate of drug-likeness (QED) is 0.271. The van der Waals surface area contributed by atoms with Crippen LogP contribution >= 0.6 is 0 Å². The molecule has 0 amide bonds. The van der Waals surface area contributed by atoms with Crippen LogP contribution in [0.3, 0.4) is 0 Å². The van der Waals surface area contributed by atoms with Crippen LogP contribution in [0.2, 0.25) is 0 Å². The Labute approximate surface area is 206 Å². The summed E-state index contributed by atoms with van der Waals surface area (Å²) in [7, 11) is 1.35. The van der Waals surface area contributed by atoms with E-state index in [1.165, 1.54) is 7.11 Å². The van der Waals surface area contributed by atoms with Crippen molar-refractivity contribution in [1.82, 2.24) is 18.8 Å². The molecule has 0 unspecified atom stereocenters. The largest absolute Gasteiger partial charge is 0.469 e. The highest BCUT2D eigenvalue weighted by Gasteiger charge is 2.22. The number of methoxy groups -OCH3 is 1. The first-order chi connectivity index (χ1) is 18.0. The van der Waals surface area contributed by atoms with Gasteiger partial charge in [0, 0.05) is 32.3 Å². The summed E-state index contributed by atoms with van der Waals surface area (Å²) >= 11 is 0. The number of carbonyl (C=O) groups is 1. The highest BCUT2D eigenvalue weighted by molar-refractivity contribution is 6.27. The Bertz CT molecular complexity index is 2390. The maximum Gasteiger partial charge on any atom is 0.309 e. The lowest BCUT2D eigenvalue weighted by atomic mass is 9.96. The van der Waals surface area contributed by atoms with E-state index in [9.17, 15) is 14.4 Å². The predicted octanol–water partition coefficient (Wildman–Crippen LogP) is 4.06. The van der Waals surface area contributed by atoms with Gasteiger partial charge in [0.2, 0.25) is 0 Å². The van der Waals surface area contributed by atoms with Crippen LogP contribution in [0.15, 0.2) is 76.3 Å². The van der Waals surface area contributed by atoms with Crippen molar-refractivity contribution in [2.45, 2.75) is 6.42 Å². The van der Waals surface area contributed by atoms with Gasteiger partial charge in [-0.3, -0.25) is 23.2 Å². The monoisotopic (exact) mass is 484 g/mol. The smallest absolute Gasteiger partial charge is 0.309 e. The van der Waals surface area contributed by atoms with E-state index < -0.39 is 0 Å². The van der Waals surface area contributed by atoms with Crippen molar-refractivity contribution in [1.29, 1.82) is 0 Å². The molecule has 0 radical (unpaired) electrons. The maximum atomic E-state index is 13.8. The van der Waals surface area contributed by atoms with Gasteiger partial charge in [0.15, 0.2) is 0 Å². The minimum Gasteiger partial charge on any atom is -0.469 e. The molecule has 0 fully saturated rings. The SMILES string of the molecule is COC(=O)Cc1ccc2c(c1)nc1c3ccc4c5c(ccc(c(=O)n21)c35)c(=O)n1c2ccccc2nc41. The number of aromatic nitrogens is 4. The lowest BCUT2D eigenvalue weighted by Crippen LogP contribution is -2.16. The van der Waals surface area contributed by atoms with Crippen LogP contribution in [0.5, 0.6) is 0 Å². The fourth-order valence-electron chi connectivity index (χ4n) is 5.74. The average Bonchev–Trinajstić information content (AvgIpc) is 3.49. The molecule has 0 N–H and O–H groups in total. The molecule has 8 nitrogen and oxygen atoms in total. The summed E-state index contributed by atoms with van der Waals surface area (Å²) in [6.07, 6.45) is 0.119. The molecule has 0 aliphatic carbocycles. The second-order valence-corrected chi connectivity index (χ2v) is 9.29. The average molecular weight is 484 g/mol. The first kappa shape index (κ1) is 20.1. The Balaban J connectivity index is 1.55. The van der Waals surface area contributed by atoms with Crippen LogP contribution < -0.4 is 11.1 Å². The molecule has 4 aromatic heterocycles. The van der Waals surface area contributed by atoms with E-state index in [-0.39, 0.29) is 23.5 Å². The van der Waals surface area contributed by atoms with Gasteiger partial charge in [-0.1, -0.05) is 18.2 Å². The molecule has 0 saturated heterocycles. The summed E-state index contributed by atoms with van der Waals surface area (Å²) in [6.45, 7) is 0. The number of ether oxygens (including phenoxy) is 1. The van der Waals surface area contributed by atoms with Gasteiger partial charge < -0.3 is 4.74 Å².